The number of carboxylic acid groups (broad SMARTS) is 1. The van der Waals surface area contributed by atoms with Crippen molar-refractivity contribution in [2.45, 2.75) is 12.5 Å². The number of carbonyl (C=O) groups is 2. The minimum Gasteiger partial charge on any atom is -0.480 e. The summed E-state index contributed by atoms with van der Waals surface area (Å²) in [7, 11) is 1.54. The van der Waals surface area contributed by atoms with Crippen molar-refractivity contribution in [1.82, 2.24) is 5.32 Å². The van der Waals surface area contributed by atoms with Gasteiger partial charge in [0.1, 0.15) is 6.04 Å². The van der Waals surface area contributed by atoms with Crippen LogP contribution in [0.25, 0.3) is 0 Å². The van der Waals surface area contributed by atoms with Crippen LogP contribution in [0, 0.1) is 0 Å². The molecule has 0 radical (unpaired) electrons. The summed E-state index contributed by atoms with van der Waals surface area (Å²) in [6.45, 7) is 0. The number of benzene rings is 2. The number of aliphatic carboxylic acids is 1. The predicted molar refractivity (Wildman–Crippen MR) is 85.0 cm³/mol. The van der Waals surface area contributed by atoms with E-state index in [0.717, 1.165) is 5.56 Å². The monoisotopic (exact) mass is 298 g/mol. The van der Waals surface area contributed by atoms with Gasteiger partial charge in [-0.05, 0) is 17.7 Å². The summed E-state index contributed by atoms with van der Waals surface area (Å²) in [5, 5.41) is 14.9. The molecular weight excluding hydrogens is 280 g/mol. The lowest BCUT2D eigenvalue weighted by atomic mass is 10.0. The summed E-state index contributed by atoms with van der Waals surface area (Å²) in [6, 6.07) is 15.4. The number of para-hydroxylation sites is 1. The van der Waals surface area contributed by atoms with Crippen LogP contribution in [0.5, 0.6) is 0 Å². The van der Waals surface area contributed by atoms with Crippen LogP contribution in [-0.4, -0.2) is 30.1 Å². The standard InChI is InChI=1S/C17H18N2O3/c1-18-16(20)13-9-5-6-10-14(13)19-15(17(21)22)11-12-7-3-2-4-8-12/h2-10,15,19H,11H2,1H3,(H,18,20)(H,21,22)/t15-/m0/s1. The van der Waals surface area contributed by atoms with Crippen LogP contribution in [0.15, 0.2) is 54.6 Å². The lowest BCUT2D eigenvalue weighted by Gasteiger charge is -2.18. The molecule has 0 bridgehead atoms. The summed E-state index contributed by atoms with van der Waals surface area (Å²) < 4.78 is 0. The number of amides is 1. The van der Waals surface area contributed by atoms with E-state index in [0.29, 0.717) is 17.7 Å². The van der Waals surface area contributed by atoms with Crippen LogP contribution >= 0.6 is 0 Å². The predicted octanol–water partition coefficient (Wildman–Crippen LogP) is 2.15. The van der Waals surface area contributed by atoms with E-state index in [1.165, 1.54) is 7.05 Å². The van der Waals surface area contributed by atoms with Crippen molar-refractivity contribution < 1.29 is 14.7 Å². The third-order valence-corrected chi connectivity index (χ3v) is 3.31. The summed E-state index contributed by atoms with van der Waals surface area (Å²) in [4.78, 5) is 23.3. The first-order chi connectivity index (χ1) is 10.6. The van der Waals surface area contributed by atoms with Gasteiger partial charge in [0, 0.05) is 19.2 Å². The van der Waals surface area contributed by atoms with E-state index in [2.05, 4.69) is 10.6 Å². The molecule has 5 nitrogen and oxygen atoms in total. The maximum Gasteiger partial charge on any atom is 0.326 e. The Morgan fingerprint density at radius 2 is 1.68 bits per heavy atom. The molecule has 22 heavy (non-hydrogen) atoms. The van der Waals surface area contributed by atoms with Gasteiger partial charge in [-0.1, -0.05) is 42.5 Å². The van der Waals surface area contributed by atoms with E-state index in [-0.39, 0.29) is 5.91 Å². The van der Waals surface area contributed by atoms with Crippen LogP contribution in [0.3, 0.4) is 0 Å². The zero-order chi connectivity index (χ0) is 15.9. The zero-order valence-electron chi connectivity index (χ0n) is 12.2. The van der Waals surface area contributed by atoms with Crippen LogP contribution in [0.1, 0.15) is 15.9 Å². The first-order valence-corrected chi connectivity index (χ1v) is 6.96. The van der Waals surface area contributed by atoms with E-state index in [9.17, 15) is 14.7 Å². The number of nitrogens with one attached hydrogen (secondary N) is 2. The second-order valence-corrected chi connectivity index (χ2v) is 4.85. The van der Waals surface area contributed by atoms with E-state index < -0.39 is 12.0 Å². The summed E-state index contributed by atoms with van der Waals surface area (Å²) in [5.74, 6) is -1.22. The number of carboxylic acids is 1. The molecule has 0 saturated carbocycles. The van der Waals surface area contributed by atoms with Crippen LogP contribution in [0.4, 0.5) is 5.69 Å². The molecule has 2 aromatic carbocycles. The molecule has 1 amide bonds. The van der Waals surface area contributed by atoms with Crippen LogP contribution in [-0.2, 0) is 11.2 Å². The normalized spacial score (nSPS) is 11.5. The minimum atomic E-state index is -0.962. The van der Waals surface area contributed by atoms with Gasteiger partial charge in [0.05, 0.1) is 5.56 Å². The van der Waals surface area contributed by atoms with Crippen LogP contribution < -0.4 is 10.6 Å². The van der Waals surface area contributed by atoms with Gasteiger partial charge in [-0.15, -0.1) is 0 Å². The van der Waals surface area contributed by atoms with E-state index in [1.54, 1.807) is 24.3 Å². The first-order valence-electron chi connectivity index (χ1n) is 6.96. The zero-order valence-corrected chi connectivity index (χ0v) is 12.2. The second-order valence-electron chi connectivity index (χ2n) is 4.85. The highest BCUT2D eigenvalue weighted by atomic mass is 16.4. The molecule has 0 aliphatic heterocycles. The molecule has 2 aromatic rings. The van der Waals surface area contributed by atoms with Gasteiger partial charge in [-0.3, -0.25) is 4.79 Å². The SMILES string of the molecule is CNC(=O)c1ccccc1N[C@@H](Cc1ccccc1)C(=O)O. The van der Waals surface area contributed by atoms with Gasteiger partial charge in [-0.2, -0.15) is 0 Å². The third-order valence-electron chi connectivity index (χ3n) is 3.31. The van der Waals surface area contributed by atoms with Crippen molar-refractivity contribution in [3.63, 3.8) is 0 Å². The van der Waals surface area contributed by atoms with Gasteiger partial charge >= 0.3 is 5.97 Å². The fraction of sp³-hybridized carbons (Fsp3) is 0.176. The number of carbonyl (C=O) groups excluding carboxylic acids is 1. The minimum absolute atomic E-state index is 0.257. The number of anilines is 1. The molecule has 1 atom stereocenters. The molecule has 0 aliphatic carbocycles. The van der Waals surface area contributed by atoms with Crippen molar-refractivity contribution in [2.75, 3.05) is 12.4 Å². The van der Waals surface area contributed by atoms with Gasteiger partial charge in [0.2, 0.25) is 0 Å². The highest BCUT2D eigenvalue weighted by molar-refractivity contribution is 6.00. The first kappa shape index (κ1) is 15.6. The highest BCUT2D eigenvalue weighted by Gasteiger charge is 2.20. The number of rotatable bonds is 6. The molecule has 3 N–H and O–H groups in total. The molecule has 0 saturated heterocycles. The van der Waals surface area contributed by atoms with Crippen molar-refractivity contribution in [3.05, 3.63) is 65.7 Å². The Labute approximate surface area is 129 Å². The average molecular weight is 298 g/mol. The van der Waals surface area contributed by atoms with Crippen LogP contribution in [0.2, 0.25) is 0 Å². The molecule has 0 aliphatic rings. The topological polar surface area (TPSA) is 78.4 Å². The molecule has 2 rings (SSSR count). The highest BCUT2D eigenvalue weighted by Crippen LogP contribution is 2.17. The maximum absolute atomic E-state index is 11.8. The fourth-order valence-electron chi connectivity index (χ4n) is 2.18. The van der Waals surface area contributed by atoms with E-state index in [1.807, 2.05) is 30.3 Å². The smallest absolute Gasteiger partial charge is 0.326 e. The Balaban J connectivity index is 2.22. The Kier molecular flexibility index (Phi) is 5.14. The maximum atomic E-state index is 11.8. The molecule has 0 unspecified atom stereocenters. The Bertz CT molecular complexity index is 656. The molecule has 0 fully saturated rings. The van der Waals surface area contributed by atoms with Crippen molar-refractivity contribution in [2.24, 2.45) is 0 Å². The van der Waals surface area contributed by atoms with Crippen molar-refractivity contribution >= 4 is 17.6 Å². The van der Waals surface area contributed by atoms with E-state index in [4.69, 9.17) is 0 Å². The largest absolute Gasteiger partial charge is 0.480 e. The van der Waals surface area contributed by atoms with Crippen molar-refractivity contribution in [3.8, 4) is 0 Å². The van der Waals surface area contributed by atoms with Gasteiger partial charge in [0.15, 0.2) is 0 Å². The van der Waals surface area contributed by atoms with Gasteiger partial charge in [0.25, 0.3) is 5.91 Å². The summed E-state index contributed by atoms with van der Waals surface area (Å²) >= 11 is 0. The number of hydrogen-bond donors (Lipinski definition) is 3. The Morgan fingerprint density at radius 3 is 2.32 bits per heavy atom. The van der Waals surface area contributed by atoms with Crippen molar-refractivity contribution in [1.29, 1.82) is 0 Å². The van der Waals surface area contributed by atoms with E-state index >= 15 is 0 Å². The lowest BCUT2D eigenvalue weighted by Crippen LogP contribution is -2.32. The molecule has 0 spiro atoms. The molecule has 0 heterocycles. The lowest BCUT2D eigenvalue weighted by molar-refractivity contribution is -0.137. The molecule has 5 heteroatoms. The fourth-order valence-corrected chi connectivity index (χ4v) is 2.18. The Morgan fingerprint density at radius 1 is 1.05 bits per heavy atom. The summed E-state index contributed by atoms with van der Waals surface area (Å²) in [5.41, 5.74) is 1.84. The summed E-state index contributed by atoms with van der Waals surface area (Å²) in [6.07, 6.45) is 0.332. The molecule has 0 aromatic heterocycles. The molecule has 114 valence electrons. The number of hydrogen-bond acceptors (Lipinski definition) is 3. The second kappa shape index (κ2) is 7.26. The van der Waals surface area contributed by atoms with Gasteiger partial charge in [-0.25, -0.2) is 4.79 Å². The van der Waals surface area contributed by atoms with Gasteiger partial charge < -0.3 is 15.7 Å². The third kappa shape index (κ3) is 3.85. The Hall–Kier alpha value is -2.82. The molecular formula is C17H18N2O3. The quantitative estimate of drug-likeness (QED) is 0.763. The average Bonchev–Trinajstić information content (AvgIpc) is 2.55.